The molecule has 0 aliphatic heterocycles. The third-order valence-corrected chi connectivity index (χ3v) is 4.42. The summed E-state index contributed by atoms with van der Waals surface area (Å²) in [6.07, 6.45) is 3.65. The number of nitrogens with zero attached hydrogens (tertiary/aromatic N) is 3. The molecule has 5 heteroatoms. The monoisotopic (exact) mass is 368 g/mol. The standard InChI is InChI=1S/C23H20N4O/c1-17(28)26-20-12-10-19(11-13-20)23-22(18-7-3-2-4-8-18)25-16-27(23)15-21-9-5-6-14-24-21/h2-14,16H,15H2,1H3,(H,26,28). The average Bonchev–Trinajstić information content (AvgIpc) is 3.13. The fourth-order valence-corrected chi connectivity index (χ4v) is 3.19. The molecule has 5 nitrogen and oxygen atoms in total. The van der Waals surface area contributed by atoms with E-state index in [9.17, 15) is 4.79 Å². The lowest BCUT2D eigenvalue weighted by molar-refractivity contribution is -0.114. The number of carbonyl (C=O) groups excluding carboxylic acids is 1. The lowest BCUT2D eigenvalue weighted by Gasteiger charge is -2.11. The maximum atomic E-state index is 11.3. The smallest absolute Gasteiger partial charge is 0.221 e. The van der Waals surface area contributed by atoms with Crippen molar-refractivity contribution in [1.29, 1.82) is 0 Å². The lowest BCUT2D eigenvalue weighted by Crippen LogP contribution is -2.05. The van der Waals surface area contributed by atoms with Crippen LogP contribution < -0.4 is 5.32 Å². The van der Waals surface area contributed by atoms with E-state index in [1.54, 1.807) is 6.20 Å². The van der Waals surface area contributed by atoms with Crippen molar-refractivity contribution in [2.75, 3.05) is 5.32 Å². The number of pyridine rings is 1. The van der Waals surface area contributed by atoms with Crippen LogP contribution in [0.15, 0.2) is 85.3 Å². The number of benzene rings is 2. The van der Waals surface area contributed by atoms with Gasteiger partial charge in [0.2, 0.25) is 5.91 Å². The number of nitrogens with one attached hydrogen (secondary N) is 1. The highest BCUT2D eigenvalue weighted by molar-refractivity contribution is 5.89. The van der Waals surface area contributed by atoms with E-state index in [0.717, 1.165) is 33.9 Å². The number of amides is 1. The quantitative estimate of drug-likeness (QED) is 0.559. The molecule has 28 heavy (non-hydrogen) atoms. The second kappa shape index (κ2) is 7.88. The van der Waals surface area contributed by atoms with Crippen LogP contribution in [0.25, 0.3) is 22.5 Å². The van der Waals surface area contributed by atoms with E-state index in [4.69, 9.17) is 4.98 Å². The maximum Gasteiger partial charge on any atom is 0.221 e. The van der Waals surface area contributed by atoms with Crippen LogP contribution in [-0.2, 0) is 11.3 Å². The number of aromatic nitrogens is 3. The van der Waals surface area contributed by atoms with E-state index in [2.05, 4.69) is 27.0 Å². The fourth-order valence-electron chi connectivity index (χ4n) is 3.19. The predicted octanol–water partition coefficient (Wildman–Crippen LogP) is 4.62. The Morgan fingerprint density at radius 2 is 1.64 bits per heavy atom. The van der Waals surface area contributed by atoms with Gasteiger partial charge < -0.3 is 9.88 Å². The normalized spacial score (nSPS) is 10.6. The summed E-state index contributed by atoms with van der Waals surface area (Å²) < 4.78 is 2.11. The molecular weight excluding hydrogens is 348 g/mol. The molecule has 2 aromatic heterocycles. The van der Waals surface area contributed by atoms with Crippen molar-refractivity contribution in [3.63, 3.8) is 0 Å². The molecule has 0 unspecified atom stereocenters. The van der Waals surface area contributed by atoms with Crippen LogP contribution in [0.5, 0.6) is 0 Å². The zero-order chi connectivity index (χ0) is 19.3. The Labute approximate surface area is 163 Å². The van der Waals surface area contributed by atoms with Crippen LogP contribution in [0.4, 0.5) is 5.69 Å². The van der Waals surface area contributed by atoms with Gasteiger partial charge in [0, 0.05) is 29.9 Å². The molecule has 4 aromatic rings. The molecule has 4 rings (SSSR count). The summed E-state index contributed by atoms with van der Waals surface area (Å²) >= 11 is 0. The number of hydrogen-bond donors (Lipinski definition) is 1. The van der Waals surface area contributed by atoms with Gasteiger partial charge in [-0.2, -0.15) is 0 Å². The molecule has 2 aromatic carbocycles. The minimum absolute atomic E-state index is 0.0853. The van der Waals surface area contributed by atoms with E-state index in [-0.39, 0.29) is 5.91 Å². The first-order valence-corrected chi connectivity index (χ1v) is 9.09. The molecule has 0 radical (unpaired) electrons. The van der Waals surface area contributed by atoms with Gasteiger partial charge in [0.25, 0.3) is 0 Å². The van der Waals surface area contributed by atoms with E-state index in [1.165, 1.54) is 6.92 Å². The molecule has 0 aliphatic carbocycles. The number of hydrogen-bond acceptors (Lipinski definition) is 3. The van der Waals surface area contributed by atoms with E-state index in [0.29, 0.717) is 6.54 Å². The van der Waals surface area contributed by atoms with Crippen LogP contribution >= 0.6 is 0 Å². The fraction of sp³-hybridized carbons (Fsp3) is 0.0870. The van der Waals surface area contributed by atoms with Crippen LogP contribution in [0, 0.1) is 0 Å². The number of carbonyl (C=O) groups is 1. The third kappa shape index (κ3) is 3.83. The Bertz CT molecular complexity index is 1070. The predicted molar refractivity (Wildman–Crippen MR) is 111 cm³/mol. The van der Waals surface area contributed by atoms with E-state index >= 15 is 0 Å². The van der Waals surface area contributed by atoms with Crippen molar-refractivity contribution in [3.8, 4) is 22.5 Å². The molecule has 0 saturated carbocycles. The summed E-state index contributed by atoms with van der Waals surface area (Å²) in [6.45, 7) is 2.13. The number of rotatable bonds is 5. The van der Waals surface area contributed by atoms with Gasteiger partial charge in [0.05, 0.1) is 30.0 Å². The van der Waals surface area contributed by atoms with Gasteiger partial charge in [-0.3, -0.25) is 9.78 Å². The molecule has 0 spiro atoms. The van der Waals surface area contributed by atoms with Crippen molar-refractivity contribution in [1.82, 2.24) is 14.5 Å². The highest BCUT2D eigenvalue weighted by Gasteiger charge is 2.15. The van der Waals surface area contributed by atoms with Crippen molar-refractivity contribution in [2.24, 2.45) is 0 Å². The average molecular weight is 368 g/mol. The topological polar surface area (TPSA) is 59.8 Å². The van der Waals surface area contributed by atoms with Crippen LogP contribution in [0.2, 0.25) is 0 Å². The van der Waals surface area contributed by atoms with Crippen LogP contribution in [0.3, 0.4) is 0 Å². The molecule has 1 N–H and O–H groups in total. The lowest BCUT2D eigenvalue weighted by atomic mass is 10.0. The minimum atomic E-state index is -0.0853. The van der Waals surface area contributed by atoms with Gasteiger partial charge in [0.15, 0.2) is 0 Å². The van der Waals surface area contributed by atoms with Gasteiger partial charge in [-0.1, -0.05) is 48.5 Å². The van der Waals surface area contributed by atoms with Crippen molar-refractivity contribution >= 4 is 11.6 Å². The van der Waals surface area contributed by atoms with Crippen molar-refractivity contribution in [2.45, 2.75) is 13.5 Å². The van der Waals surface area contributed by atoms with Gasteiger partial charge in [-0.05, 0) is 24.3 Å². The minimum Gasteiger partial charge on any atom is -0.326 e. The maximum absolute atomic E-state index is 11.3. The van der Waals surface area contributed by atoms with Gasteiger partial charge in [-0.15, -0.1) is 0 Å². The Balaban J connectivity index is 1.78. The summed E-state index contributed by atoms with van der Waals surface area (Å²) in [6, 6.07) is 23.9. The first kappa shape index (κ1) is 17.7. The largest absolute Gasteiger partial charge is 0.326 e. The Morgan fingerprint density at radius 3 is 2.32 bits per heavy atom. The van der Waals surface area contributed by atoms with E-state index in [1.807, 2.05) is 67.0 Å². The van der Waals surface area contributed by atoms with Gasteiger partial charge >= 0.3 is 0 Å². The molecule has 2 heterocycles. The van der Waals surface area contributed by atoms with Crippen LogP contribution in [-0.4, -0.2) is 20.4 Å². The zero-order valence-corrected chi connectivity index (χ0v) is 15.5. The summed E-state index contributed by atoms with van der Waals surface area (Å²) in [5.74, 6) is -0.0853. The summed E-state index contributed by atoms with van der Waals surface area (Å²) in [4.78, 5) is 20.4. The molecular formula is C23H20N4O. The van der Waals surface area contributed by atoms with Gasteiger partial charge in [0.1, 0.15) is 0 Å². The van der Waals surface area contributed by atoms with Crippen molar-refractivity contribution in [3.05, 3.63) is 91.0 Å². The Morgan fingerprint density at radius 1 is 0.893 bits per heavy atom. The molecule has 0 aliphatic rings. The second-order valence-corrected chi connectivity index (χ2v) is 6.52. The van der Waals surface area contributed by atoms with E-state index < -0.39 is 0 Å². The molecule has 0 fully saturated rings. The number of anilines is 1. The summed E-state index contributed by atoms with van der Waals surface area (Å²) in [5.41, 5.74) is 5.77. The summed E-state index contributed by atoms with van der Waals surface area (Å²) in [7, 11) is 0. The molecule has 0 atom stereocenters. The Hall–Kier alpha value is -3.73. The first-order chi connectivity index (χ1) is 13.7. The highest BCUT2D eigenvalue weighted by atomic mass is 16.1. The van der Waals surface area contributed by atoms with Gasteiger partial charge in [-0.25, -0.2) is 4.98 Å². The first-order valence-electron chi connectivity index (χ1n) is 9.09. The number of imidazole rings is 1. The molecule has 0 bridgehead atoms. The summed E-state index contributed by atoms with van der Waals surface area (Å²) in [5, 5.41) is 2.81. The third-order valence-electron chi connectivity index (χ3n) is 4.42. The molecule has 138 valence electrons. The SMILES string of the molecule is CC(=O)Nc1ccc(-c2c(-c3ccccc3)ncn2Cc2ccccn2)cc1. The second-order valence-electron chi connectivity index (χ2n) is 6.52. The highest BCUT2D eigenvalue weighted by Crippen LogP contribution is 2.32. The molecule has 1 amide bonds. The van der Waals surface area contributed by atoms with Crippen molar-refractivity contribution < 1.29 is 4.79 Å². The zero-order valence-electron chi connectivity index (χ0n) is 15.5. The molecule has 0 saturated heterocycles. The Kier molecular flexibility index (Phi) is 4.97. The van der Waals surface area contributed by atoms with Crippen LogP contribution in [0.1, 0.15) is 12.6 Å².